The summed E-state index contributed by atoms with van der Waals surface area (Å²) in [7, 11) is 0. The number of hydrogen-bond acceptors (Lipinski definition) is 2. The van der Waals surface area contributed by atoms with Gasteiger partial charge in [0.25, 0.3) is 6.43 Å². The number of aromatic nitrogens is 1. The van der Waals surface area contributed by atoms with E-state index in [0.29, 0.717) is 6.07 Å². The summed E-state index contributed by atoms with van der Waals surface area (Å²) in [5.74, 6) is -1.38. The van der Waals surface area contributed by atoms with E-state index in [1.165, 1.54) is 0 Å². The molecular formula is C9H5BrF5NO2. The highest BCUT2D eigenvalue weighted by atomic mass is 79.9. The fourth-order valence-electron chi connectivity index (χ4n) is 1.28. The first kappa shape index (κ1) is 14.8. The van der Waals surface area contributed by atoms with Crippen LogP contribution >= 0.6 is 15.9 Å². The van der Waals surface area contributed by atoms with Crippen molar-refractivity contribution in [2.75, 3.05) is 0 Å². The fourth-order valence-corrected chi connectivity index (χ4v) is 1.96. The number of pyridine rings is 1. The molecule has 0 spiro atoms. The van der Waals surface area contributed by atoms with Crippen LogP contribution in [0.4, 0.5) is 22.0 Å². The highest BCUT2D eigenvalue weighted by molar-refractivity contribution is 9.10. The number of aliphatic carboxylic acids is 1. The highest BCUT2D eigenvalue weighted by Gasteiger charge is 2.39. The number of rotatable bonds is 3. The van der Waals surface area contributed by atoms with Crippen LogP contribution in [-0.4, -0.2) is 16.1 Å². The van der Waals surface area contributed by atoms with E-state index in [4.69, 9.17) is 5.11 Å². The normalized spacial score (nSPS) is 11.9. The Morgan fingerprint density at radius 1 is 1.44 bits per heavy atom. The molecule has 1 aromatic rings. The average molecular weight is 334 g/mol. The van der Waals surface area contributed by atoms with Crippen molar-refractivity contribution in [1.82, 2.24) is 4.98 Å². The summed E-state index contributed by atoms with van der Waals surface area (Å²) in [6.45, 7) is 0. The van der Waals surface area contributed by atoms with Crippen LogP contribution in [-0.2, 0) is 17.4 Å². The number of halogens is 6. The minimum atomic E-state index is -5.00. The average Bonchev–Trinajstić information content (AvgIpc) is 2.12. The Morgan fingerprint density at radius 3 is 2.39 bits per heavy atom. The summed E-state index contributed by atoms with van der Waals surface area (Å²) in [5, 5.41) is 8.45. The molecule has 18 heavy (non-hydrogen) atoms. The predicted octanol–water partition coefficient (Wildman–Crippen LogP) is 3.43. The molecule has 0 unspecified atom stereocenters. The maximum atomic E-state index is 12.6. The van der Waals surface area contributed by atoms with Crippen LogP contribution in [0.2, 0.25) is 0 Å². The van der Waals surface area contributed by atoms with Gasteiger partial charge >= 0.3 is 12.1 Å². The second kappa shape index (κ2) is 5.17. The van der Waals surface area contributed by atoms with Crippen LogP contribution in [0.5, 0.6) is 0 Å². The largest absolute Gasteiger partial charge is 0.481 e. The molecule has 0 radical (unpaired) electrons. The number of alkyl halides is 5. The van der Waals surface area contributed by atoms with E-state index < -0.39 is 40.7 Å². The van der Waals surface area contributed by atoms with Crippen molar-refractivity contribution < 1.29 is 31.9 Å². The number of hydrogen-bond donors (Lipinski definition) is 1. The standard InChI is InChI=1S/C9H5BrF5NO2/c10-7-6(9(13,14)15)4(8(11)12)1-3(16-7)2-5(17)18/h1,8H,2H2,(H,17,18). The van der Waals surface area contributed by atoms with Gasteiger partial charge in [0.1, 0.15) is 4.60 Å². The molecule has 0 saturated carbocycles. The Balaban J connectivity index is 3.41. The topological polar surface area (TPSA) is 50.2 Å². The molecule has 1 N–H and O–H groups in total. The van der Waals surface area contributed by atoms with E-state index in [-0.39, 0.29) is 5.69 Å². The van der Waals surface area contributed by atoms with Crippen molar-refractivity contribution in [1.29, 1.82) is 0 Å². The minimum Gasteiger partial charge on any atom is -0.481 e. The smallest absolute Gasteiger partial charge is 0.419 e. The van der Waals surface area contributed by atoms with Gasteiger partial charge in [-0.15, -0.1) is 0 Å². The fraction of sp³-hybridized carbons (Fsp3) is 0.333. The molecule has 0 amide bonds. The van der Waals surface area contributed by atoms with Crippen molar-refractivity contribution in [2.45, 2.75) is 19.0 Å². The van der Waals surface area contributed by atoms with Crippen LogP contribution in [0.3, 0.4) is 0 Å². The monoisotopic (exact) mass is 333 g/mol. The summed E-state index contributed by atoms with van der Waals surface area (Å²) < 4.78 is 61.9. The molecule has 0 aliphatic heterocycles. The molecule has 9 heteroatoms. The lowest BCUT2D eigenvalue weighted by molar-refractivity contribution is -0.140. The van der Waals surface area contributed by atoms with Crippen molar-refractivity contribution in [2.24, 2.45) is 0 Å². The number of carboxylic acid groups (broad SMARTS) is 1. The number of carbonyl (C=O) groups is 1. The SMILES string of the molecule is O=C(O)Cc1cc(C(F)F)c(C(F)(F)F)c(Br)n1. The van der Waals surface area contributed by atoms with E-state index in [0.717, 1.165) is 0 Å². The lowest BCUT2D eigenvalue weighted by atomic mass is 10.1. The van der Waals surface area contributed by atoms with Crippen molar-refractivity contribution in [3.8, 4) is 0 Å². The van der Waals surface area contributed by atoms with E-state index in [1.807, 2.05) is 0 Å². The van der Waals surface area contributed by atoms with Gasteiger partial charge in [-0.05, 0) is 22.0 Å². The Labute approximate surface area is 106 Å². The second-order valence-corrected chi connectivity index (χ2v) is 3.99. The number of nitrogens with zero attached hydrogens (tertiary/aromatic N) is 1. The molecule has 1 aromatic heterocycles. The molecule has 0 bridgehead atoms. The lowest BCUT2D eigenvalue weighted by Crippen LogP contribution is -2.14. The predicted molar refractivity (Wildman–Crippen MR) is 53.2 cm³/mol. The third-order valence-corrected chi connectivity index (χ3v) is 2.48. The third kappa shape index (κ3) is 3.37. The van der Waals surface area contributed by atoms with E-state index in [1.54, 1.807) is 0 Å². The third-order valence-electron chi connectivity index (χ3n) is 1.91. The van der Waals surface area contributed by atoms with Crippen LogP contribution in [0.15, 0.2) is 10.7 Å². The van der Waals surface area contributed by atoms with E-state index >= 15 is 0 Å². The molecule has 0 saturated heterocycles. The van der Waals surface area contributed by atoms with Crippen molar-refractivity contribution in [3.63, 3.8) is 0 Å². The second-order valence-electron chi connectivity index (χ2n) is 3.24. The lowest BCUT2D eigenvalue weighted by Gasteiger charge is -2.14. The highest BCUT2D eigenvalue weighted by Crippen LogP contribution is 2.40. The van der Waals surface area contributed by atoms with Gasteiger partial charge in [-0.3, -0.25) is 4.79 Å². The van der Waals surface area contributed by atoms with Gasteiger partial charge in [-0.2, -0.15) is 13.2 Å². The Morgan fingerprint density at radius 2 is 2.00 bits per heavy atom. The Kier molecular flexibility index (Phi) is 4.25. The van der Waals surface area contributed by atoms with Crippen LogP contribution < -0.4 is 0 Å². The first-order chi connectivity index (χ1) is 8.12. The summed E-state index contributed by atoms with van der Waals surface area (Å²) in [5.41, 5.74) is -3.26. The zero-order chi connectivity index (χ0) is 14.1. The summed E-state index contributed by atoms with van der Waals surface area (Å²) in [6, 6.07) is 0.451. The first-order valence-corrected chi connectivity index (χ1v) is 5.18. The number of carboxylic acids is 1. The zero-order valence-corrected chi connectivity index (χ0v) is 10.0. The van der Waals surface area contributed by atoms with Gasteiger partial charge in [-0.25, -0.2) is 13.8 Å². The minimum absolute atomic E-state index is 0.377. The Hall–Kier alpha value is -1.25. The van der Waals surface area contributed by atoms with Gasteiger partial charge < -0.3 is 5.11 Å². The molecule has 0 atom stereocenters. The molecule has 3 nitrogen and oxygen atoms in total. The molecule has 0 aliphatic rings. The maximum absolute atomic E-state index is 12.6. The quantitative estimate of drug-likeness (QED) is 0.681. The van der Waals surface area contributed by atoms with Gasteiger partial charge in [0, 0.05) is 5.56 Å². The van der Waals surface area contributed by atoms with Crippen molar-refractivity contribution >= 4 is 21.9 Å². The van der Waals surface area contributed by atoms with Crippen LogP contribution in [0.1, 0.15) is 23.2 Å². The summed E-state index contributed by atoms with van der Waals surface area (Å²) >= 11 is 2.43. The van der Waals surface area contributed by atoms with Gasteiger partial charge in [0.15, 0.2) is 0 Å². The molecule has 1 heterocycles. The molecule has 0 fully saturated rings. The Bertz CT molecular complexity index is 475. The van der Waals surface area contributed by atoms with Gasteiger partial charge in [0.05, 0.1) is 17.7 Å². The summed E-state index contributed by atoms with van der Waals surface area (Å²) in [4.78, 5) is 13.7. The first-order valence-electron chi connectivity index (χ1n) is 4.39. The molecular weight excluding hydrogens is 329 g/mol. The molecule has 0 aromatic carbocycles. The van der Waals surface area contributed by atoms with E-state index in [9.17, 15) is 26.7 Å². The van der Waals surface area contributed by atoms with Gasteiger partial charge in [-0.1, -0.05) is 0 Å². The van der Waals surface area contributed by atoms with Crippen LogP contribution in [0.25, 0.3) is 0 Å². The molecule has 100 valence electrons. The zero-order valence-electron chi connectivity index (χ0n) is 8.43. The molecule has 1 rings (SSSR count). The van der Waals surface area contributed by atoms with Crippen molar-refractivity contribution in [3.05, 3.63) is 27.5 Å². The molecule has 0 aliphatic carbocycles. The maximum Gasteiger partial charge on any atom is 0.419 e. The summed E-state index contributed by atoms with van der Waals surface area (Å²) in [6.07, 6.45) is -9.12. The van der Waals surface area contributed by atoms with Crippen LogP contribution in [0, 0.1) is 0 Å². The van der Waals surface area contributed by atoms with E-state index in [2.05, 4.69) is 20.9 Å². The van der Waals surface area contributed by atoms with Gasteiger partial charge in [0.2, 0.25) is 0 Å².